The number of benzene rings is 1. The van der Waals surface area contributed by atoms with Crippen LogP contribution in [0.3, 0.4) is 0 Å². The van der Waals surface area contributed by atoms with Crippen molar-refractivity contribution in [3.8, 4) is 0 Å². The molecule has 1 aromatic heterocycles. The number of hydrogen-bond donors (Lipinski definition) is 2. The van der Waals surface area contributed by atoms with E-state index in [1.54, 1.807) is 7.05 Å². The monoisotopic (exact) mass is 469 g/mol. The Bertz CT molecular complexity index is 695. The predicted molar refractivity (Wildman–Crippen MR) is 115 cm³/mol. The second-order valence-corrected chi connectivity index (χ2v) is 6.71. The van der Waals surface area contributed by atoms with E-state index >= 15 is 0 Å². The van der Waals surface area contributed by atoms with Gasteiger partial charge in [0.1, 0.15) is 0 Å². The highest BCUT2D eigenvalue weighted by molar-refractivity contribution is 14.0. The minimum absolute atomic E-state index is 0. The number of aliphatic imine (C=N–C) groups is 1. The Kier molecular flexibility index (Phi) is 7.89. The highest BCUT2D eigenvalue weighted by atomic mass is 127. The maximum absolute atomic E-state index is 5.80. The fourth-order valence-electron chi connectivity index (χ4n) is 3.01. The Balaban J connectivity index is 0.00000243. The van der Waals surface area contributed by atoms with E-state index in [1.807, 2.05) is 29.1 Å². The summed E-state index contributed by atoms with van der Waals surface area (Å²) in [5.74, 6) is 0.785. The third-order valence-corrected chi connectivity index (χ3v) is 4.49. The Morgan fingerprint density at radius 1 is 1.27 bits per heavy atom. The number of halogens is 1. The van der Waals surface area contributed by atoms with Gasteiger partial charge in [-0.1, -0.05) is 30.3 Å². The fourth-order valence-corrected chi connectivity index (χ4v) is 3.01. The third kappa shape index (κ3) is 5.98. The molecule has 142 valence electrons. The second kappa shape index (κ2) is 9.91. The van der Waals surface area contributed by atoms with Crippen LogP contribution in [-0.2, 0) is 17.8 Å². The molecule has 1 aliphatic heterocycles. The molecule has 2 aromatic rings. The molecule has 2 heterocycles. The summed E-state index contributed by atoms with van der Waals surface area (Å²) in [6.45, 7) is 5.23. The summed E-state index contributed by atoms with van der Waals surface area (Å²) in [4.78, 5) is 4.28. The second-order valence-electron chi connectivity index (χ2n) is 6.71. The van der Waals surface area contributed by atoms with E-state index in [-0.39, 0.29) is 29.6 Å². The molecule has 26 heavy (non-hydrogen) atoms. The van der Waals surface area contributed by atoms with Gasteiger partial charge in [-0.05, 0) is 25.3 Å². The summed E-state index contributed by atoms with van der Waals surface area (Å²) in [6.07, 6.45) is 6.17. The van der Waals surface area contributed by atoms with Crippen LogP contribution in [0.5, 0.6) is 0 Å². The molecular formula is C19H28IN5O. The summed E-state index contributed by atoms with van der Waals surface area (Å²) in [5.41, 5.74) is 2.28. The van der Waals surface area contributed by atoms with Gasteiger partial charge in [0.05, 0.1) is 18.3 Å². The van der Waals surface area contributed by atoms with Crippen LogP contribution >= 0.6 is 24.0 Å². The average molecular weight is 469 g/mol. The SMILES string of the molecule is CN=C(NCc1cnn(Cc2ccccc2)c1)NCC1(C)CCCO1.I. The van der Waals surface area contributed by atoms with Crippen molar-refractivity contribution < 1.29 is 4.74 Å². The van der Waals surface area contributed by atoms with Gasteiger partial charge in [-0.15, -0.1) is 24.0 Å². The van der Waals surface area contributed by atoms with E-state index < -0.39 is 0 Å². The van der Waals surface area contributed by atoms with Gasteiger partial charge in [0.2, 0.25) is 0 Å². The maximum Gasteiger partial charge on any atom is 0.191 e. The molecule has 1 aromatic carbocycles. The molecule has 0 radical (unpaired) electrons. The topological polar surface area (TPSA) is 63.5 Å². The molecule has 1 aliphatic rings. The molecule has 1 saturated heterocycles. The van der Waals surface area contributed by atoms with Crippen molar-refractivity contribution >= 4 is 29.9 Å². The molecular weight excluding hydrogens is 441 g/mol. The van der Waals surface area contributed by atoms with E-state index in [1.165, 1.54) is 5.56 Å². The van der Waals surface area contributed by atoms with Crippen LogP contribution in [0.25, 0.3) is 0 Å². The quantitative estimate of drug-likeness (QED) is 0.388. The zero-order valence-corrected chi connectivity index (χ0v) is 17.8. The van der Waals surface area contributed by atoms with Crippen LogP contribution < -0.4 is 10.6 Å². The third-order valence-electron chi connectivity index (χ3n) is 4.49. The Hall–Kier alpha value is -1.61. The molecule has 1 fully saturated rings. The lowest BCUT2D eigenvalue weighted by Crippen LogP contribution is -2.45. The molecule has 6 nitrogen and oxygen atoms in total. The zero-order chi connectivity index (χ0) is 17.5. The van der Waals surface area contributed by atoms with Crippen molar-refractivity contribution in [2.24, 2.45) is 4.99 Å². The molecule has 1 unspecified atom stereocenters. The average Bonchev–Trinajstić information content (AvgIpc) is 3.26. The minimum atomic E-state index is -0.0851. The fraction of sp³-hybridized carbons (Fsp3) is 0.474. The smallest absolute Gasteiger partial charge is 0.191 e. The summed E-state index contributed by atoms with van der Waals surface area (Å²) < 4.78 is 7.75. The zero-order valence-electron chi connectivity index (χ0n) is 15.4. The lowest BCUT2D eigenvalue weighted by atomic mass is 10.0. The van der Waals surface area contributed by atoms with Crippen LogP contribution in [0.1, 0.15) is 30.9 Å². The maximum atomic E-state index is 5.80. The van der Waals surface area contributed by atoms with E-state index in [0.717, 1.165) is 44.1 Å². The largest absolute Gasteiger partial charge is 0.373 e. The number of guanidine groups is 1. The van der Waals surface area contributed by atoms with Crippen LogP contribution in [0.4, 0.5) is 0 Å². The molecule has 0 bridgehead atoms. The minimum Gasteiger partial charge on any atom is -0.373 e. The number of aromatic nitrogens is 2. The van der Waals surface area contributed by atoms with E-state index in [0.29, 0.717) is 6.54 Å². The van der Waals surface area contributed by atoms with Gasteiger partial charge in [-0.2, -0.15) is 5.10 Å². The molecule has 0 saturated carbocycles. The Labute approximate surface area is 172 Å². The number of nitrogens with one attached hydrogen (secondary N) is 2. The van der Waals surface area contributed by atoms with Gasteiger partial charge >= 0.3 is 0 Å². The van der Waals surface area contributed by atoms with Gasteiger partial charge in [0.15, 0.2) is 5.96 Å². The van der Waals surface area contributed by atoms with Gasteiger partial charge in [-0.3, -0.25) is 9.67 Å². The van der Waals surface area contributed by atoms with Gasteiger partial charge in [0, 0.05) is 38.5 Å². The Morgan fingerprint density at radius 2 is 2.08 bits per heavy atom. The van der Waals surface area contributed by atoms with Crippen LogP contribution in [0, 0.1) is 0 Å². The van der Waals surface area contributed by atoms with Crippen LogP contribution in [-0.4, -0.2) is 41.5 Å². The summed E-state index contributed by atoms with van der Waals surface area (Å²) >= 11 is 0. The summed E-state index contributed by atoms with van der Waals surface area (Å²) in [7, 11) is 1.78. The summed E-state index contributed by atoms with van der Waals surface area (Å²) in [6, 6.07) is 10.3. The molecule has 0 aliphatic carbocycles. The number of hydrogen-bond acceptors (Lipinski definition) is 3. The predicted octanol–water partition coefficient (Wildman–Crippen LogP) is 2.78. The number of nitrogens with zero attached hydrogens (tertiary/aromatic N) is 3. The normalized spacial score (nSPS) is 19.8. The van der Waals surface area contributed by atoms with Crippen LogP contribution in [0.2, 0.25) is 0 Å². The van der Waals surface area contributed by atoms with Crippen molar-refractivity contribution in [2.45, 2.75) is 38.5 Å². The lowest BCUT2D eigenvalue weighted by molar-refractivity contribution is 0.0243. The molecule has 7 heteroatoms. The first-order chi connectivity index (χ1) is 12.2. The first-order valence-electron chi connectivity index (χ1n) is 8.81. The van der Waals surface area contributed by atoms with Crippen molar-refractivity contribution in [1.82, 2.24) is 20.4 Å². The van der Waals surface area contributed by atoms with Crippen molar-refractivity contribution in [3.63, 3.8) is 0 Å². The molecule has 3 rings (SSSR count). The van der Waals surface area contributed by atoms with Gasteiger partial charge in [0.25, 0.3) is 0 Å². The van der Waals surface area contributed by atoms with E-state index in [9.17, 15) is 0 Å². The highest BCUT2D eigenvalue weighted by Gasteiger charge is 2.29. The first kappa shape index (κ1) is 20.7. The molecule has 0 spiro atoms. The number of ether oxygens (including phenoxy) is 1. The van der Waals surface area contributed by atoms with Crippen molar-refractivity contribution in [3.05, 3.63) is 53.9 Å². The molecule has 2 N–H and O–H groups in total. The van der Waals surface area contributed by atoms with Gasteiger partial charge in [-0.25, -0.2) is 0 Å². The standard InChI is InChI=1S/C19H27N5O.HI/c1-19(9-6-10-25-19)15-22-18(20-2)21-11-17-12-23-24(14-17)13-16-7-4-3-5-8-16;/h3-5,7-8,12,14H,6,9-11,13,15H2,1-2H3,(H2,20,21,22);1H. The first-order valence-corrected chi connectivity index (χ1v) is 8.81. The van der Waals surface area contributed by atoms with Crippen molar-refractivity contribution in [2.75, 3.05) is 20.2 Å². The van der Waals surface area contributed by atoms with Crippen molar-refractivity contribution in [1.29, 1.82) is 0 Å². The highest BCUT2D eigenvalue weighted by Crippen LogP contribution is 2.23. The van der Waals surface area contributed by atoms with E-state index in [4.69, 9.17) is 4.74 Å². The van der Waals surface area contributed by atoms with Gasteiger partial charge < -0.3 is 15.4 Å². The molecule has 0 amide bonds. The van der Waals surface area contributed by atoms with Crippen LogP contribution in [0.15, 0.2) is 47.7 Å². The summed E-state index contributed by atoms with van der Waals surface area (Å²) in [5, 5.41) is 11.1. The lowest BCUT2D eigenvalue weighted by Gasteiger charge is -2.24. The number of rotatable bonds is 6. The molecule has 1 atom stereocenters. The Morgan fingerprint density at radius 3 is 2.77 bits per heavy atom. The van der Waals surface area contributed by atoms with E-state index in [2.05, 4.69) is 46.0 Å².